The zero-order valence-corrected chi connectivity index (χ0v) is 9.90. The molecular formula is C14H18N2. The van der Waals surface area contributed by atoms with Crippen molar-refractivity contribution < 1.29 is 0 Å². The first-order valence-electron chi connectivity index (χ1n) is 5.93. The Balaban J connectivity index is 2.37. The van der Waals surface area contributed by atoms with E-state index >= 15 is 0 Å². The van der Waals surface area contributed by atoms with Gasteiger partial charge in [0.25, 0.3) is 0 Å². The van der Waals surface area contributed by atoms with E-state index in [1.54, 1.807) is 0 Å². The average molecular weight is 214 g/mol. The van der Waals surface area contributed by atoms with Crippen LogP contribution in [0.1, 0.15) is 31.9 Å². The Morgan fingerprint density at radius 1 is 1.25 bits per heavy atom. The van der Waals surface area contributed by atoms with Gasteiger partial charge < -0.3 is 5.32 Å². The van der Waals surface area contributed by atoms with Crippen LogP contribution in [-0.2, 0) is 0 Å². The van der Waals surface area contributed by atoms with Crippen LogP contribution in [0.3, 0.4) is 0 Å². The molecule has 1 unspecified atom stereocenters. The van der Waals surface area contributed by atoms with Gasteiger partial charge in [0.05, 0.1) is 5.52 Å². The molecule has 1 aromatic heterocycles. The lowest BCUT2D eigenvalue weighted by Crippen LogP contribution is -2.19. The maximum atomic E-state index is 4.39. The van der Waals surface area contributed by atoms with Crippen molar-refractivity contribution in [3.8, 4) is 0 Å². The van der Waals surface area contributed by atoms with E-state index < -0.39 is 0 Å². The van der Waals surface area contributed by atoms with Gasteiger partial charge in [-0.3, -0.25) is 4.98 Å². The fourth-order valence-corrected chi connectivity index (χ4v) is 2.04. The number of pyridine rings is 1. The number of hydrogen-bond acceptors (Lipinski definition) is 2. The lowest BCUT2D eigenvalue weighted by atomic mass is 10.0. The van der Waals surface area contributed by atoms with Crippen LogP contribution in [0.2, 0.25) is 0 Å². The Bertz CT molecular complexity index is 465. The van der Waals surface area contributed by atoms with Crippen molar-refractivity contribution in [3.63, 3.8) is 0 Å². The average Bonchev–Trinajstić information content (AvgIpc) is 2.35. The maximum absolute atomic E-state index is 4.39. The molecule has 0 amide bonds. The Morgan fingerprint density at radius 3 is 2.88 bits per heavy atom. The molecule has 0 aliphatic heterocycles. The van der Waals surface area contributed by atoms with E-state index in [0.29, 0.717) is 6.04 Å². The van der Waals surface area contributed by atoms with Crippen molar-refractivity contribution in [1.29, 1.82) is 0 Å². The van der Waals surface area contributed by atoms with E-state index in [4.69, 9.17) is 0 Å². The number of fused-ring (bicyclic) bond motifs is 1. The molecule has 0 saturated heterocycles. The van der Waals surface area contributed by atoms with Crippen LogP contribution in [0, 0.1) is 0 Å². The van der Waals surface area contributed by atoms with Crippen molar-refractivity contribution in [2.45, 2.75) is 26.3 Å². The van der Waals surface area contributed by atoms with Crippen LogP contribution in [0.25, 0.3) is 10.9 Å². The van der Waals surface area contributed by atoms with Crippen LogP contribution in [0.5, 0.6) is 0 Å². The molecule has 2 aromatic rings. The SMILES string of the molecule is CCNC(CC)c1ccc2cccnc2c1. The van der Waals surface area contributed by atoms with Gasteiger partial charge in [-0.1, -0.05) is 32.0 Å². The molecule has 0 saturated carbocycles. The van der Waals surface area contributed by atoms with E-state index in [0.717, 1.165) is 18.5 Å². The van der Waals surface area contributed by atoms with Gasteiger partial charge in [0.1, 0.15) is 0 Å². The number of rotatable bonds is 4. The molecule has 1 atom stereocenters. The van der Waals surface area contributed by atoms with E-state index in [1.807, 2.05) is 12.3 Å². The second-order valence-electron chi connectivity index (χ2n) is 3.97. The van der Waals surface area contributed by atoms with Crippen molar-refractivity contribution in [3.05, 3.63) is 42.1 Å². The summed E-state index contributed by atoms with van der Waals surface area (Å²) >= 11 is 0. The smallest absolute Gasteiger partial charge is 0.0705 e. The summed E-state index contributed by atoms with van der Waals surface area (Å²) in [5, 5.41) is 4.69. The number of hydrogen-bond donors (Lipinski definition) is 1. The van der Waals surface area contributed by atoms with Crippen LogP contribution in [0.4, 0.5) is 0 Å². The minimum atomic E-state index is 0.441. The molecule has 2 heteroatoms. The van der Waals surface area contributed by atoms with Crippen LogP contribution >= 0.6 is 0 Å². The summed E-state index contributed by atoms with van der Waals surface area (Å²) in [5.74, 6) is 0. The maximum Gasteiger partial charge on any atom is 0.0705 e. The summed E-state index contributed by atoms with van der Waals surface area (Å²) in [7, 11) is 0. The standard InChI is InChI=1S/C14H18N2/c1-3-13(15-4-2)12-8-7-11-6-5-9-16-14(11)10-12/h5-10,13,15H,3-4H2,1-2H3. The molecule has 1 heterocycles. The lowest BCUT2D eigenvalue weighted by molar-refractivity contribution is 0.538. The van der Waals surface area contributed by atoms with Gasteiger partial charge in [-0.05, 0) is 30.7 Å². The van der Waals surface area contributed by atoms with Crippen molar-refractivity contribution in [1.82, 2.24) is 10.3 Å². The predicted molar refractivity (Wildman–Crippen MR) is 68.5 cm³/mol. The Hall–Kier alpha value is -1.41. The van der Waals surface area contributed by atoms with Crippen molar-refractivity contribution >= 4 is 10.9 Å². The molecular weight excluding hydrogens is 196 g/mol. The minimum Gasteiger partial charge on any atom is -0.310 e. The lowest BCUT2D eigenvalue weighted by Gasteiger charge is -2.16. The van der Waals surface area contributed by atoms with E-state index in [-0.39, 0.29) is 0 Å². The van der Waals surface area contributed by atoms with E-state index in [9.17, 15) is 0 Å². The number of aromatic nitrogens is 1. The third-order valence-corrected chi connectivity index (χ3v) is 2.89. The number of nitrogens with zero attached hydrogens (tertiary/aromatic N) is 1. The fraction of sp³-hybridized carbons (Fsp3) is 0.357. The predicted octanol–water partition coefficient (Wildman–Crippen LogP) is 3.30. The number of nitrogens with one attached hydrogen (secondary N) is 1. The molecule has 1 N–H and O–H groups in total. The largest absolute Gasteiger partial charge is 0.310 e. The molecule has 0 radical (unpaired) electrons. The highest BCUT2D eigenvalue weighted by Gasteiger charge is 2.07. The summed E-state index contributed by atoms with van der Waals surface area (Å²) in [6.07, 6.45) is 2.95. The van der Waals surface area contributed by atoms with Gasteiger partial charge in [-0.15, -0.1) is 0 Å². The normalized spacial score (nSPS) is 12.9. The second kappa shape index (κ2) is 5.08. The zero-order valence-electron chi connectivity index (χ0n) is 9.90. The quantitative estimate of drug-likeness (QED) is 0.844. The third-order valence-electron chi connectivity index (χ3n) is 2.89. The van der Waals surface area contributed by atoms with Gasteiger partial charge in [-0.2, -0.15) is 0 Å². The van der Waals surface area contributed by atoms with Gasteiger partial charge in [-0.25, -0.2) is 0 Å². The fourth-order valence-electron chi connectivity index (χ4n) is 2.04. The molecule has 2 nitrogen and oxygen atoms in total. The molecule has 0 bridgehead atoms. The summed E-state index contributed by atoms with van der Waals surface area (Å²) < 4.78 is 0. The highest BCUT2D eigenvalue weighted by Crippen LogP contribution is 2.20. The third kappa shape index (κ3) is 2.22. The molecule has 16 heavy (non-hydrogen) atoms. The van der Waals surface area contributed by atoms with Gasteiger partial charge in [0.2, 0.25) is 0 Å². The number of benzene rings is 1. The Labute approximate surface area is 96.7 Å². The van der Waals surface area contributed by atoms with Crippen LogP contribution in [-0.4, -0.2) is 11.5 Å². The highest BCUT2D eigenvalue weighted by molar-refractivity contribution is 5.78. The second-order valence-corrected chi connectivity index (χ2v) is 3.97. The minimum absolute atomic E-state index is 0.441. The van der Waals surface area contributed by atoms with Crippen LogP contribution in [0.15, 0.2) is 36.5 Å². The first-order valence-corrected chi connectivity index (χ1v) is 5.93. The van der Waals surface area contributed by atoms with Gasteiger partial charge in [0.15, 0.2) is 0 Å². The Kier molecular flexibility index (Phi) is 3.52. The molecule has 0 spiro atoms. The topological polar surface area (TPSA) is 24.9 Å². The van der Waals surface area contributed by atoms with Crippen molar-refractivity contribution in [2.24, 2.45) is 0 Å². The zero-order chi connectivity index (χ0) is 11.4. The first-order chi connectivity index (χ1) is 7.85. The van der Waals surface area contributed by atoms with E-state index in [2.05, 4.69) is 48.4 Å². The van der Waals surface area contributed by atoms with Crippen molar-refractivity contribution in [2.75, 3.05) is 6.54 Å². The monoisotopic (exact) mass is 214 g/mol. The van der Waals surface area contributed by atoms with Gasteiger partial charge in [0, 0.05) is 17.6 Å². The first kappa shape index (κ1) is 11.1. The van der Waals surface area contributed by atoms with Crippen LogP contribution < -0.4 is 5.32 Å². The molecule has 1 aromatic carbocycles. The summed E-state index contributed by atoms with van der Waals surface area (Å²) in [4.78, 5) is 4.39. The molecule has 0 aliphatic rings. The van der Waals surface area contributed by atoms with E-state index in [1.165, 1.54) is 10.9 Å². The molecule has 0 fully saturated rings. The Morgan fingerprint density at radius 2 is 2.12 bits per heavy atom. The molecule has 0 aliphatic carbocycles. The summed E-state index contributed by atoms with van der Waals surface area (Å²) in [5.41, 5.74) is 2.41. The summed E-state index contributed by atoms with van der Waals surface area (Å²) in [6, 6.07) is 11.0. The molecule has 2 rings (SSSR count). The van der Waals surface area contributed by atoms with Gasteiger partial charge >= 0.3 is 0 Å². The summed E-state index contributed by atoms with van der Waals surface area (Å²) in [6.45, 7) is 5.34. The molecule has 84 valence electrons. The highest BCUT2D eigenvalue weighted by atomic mass is 14.9.